The van der Waals surface area contributed by atoms with Crippen LogP contribution in [0.1, 0.15) is 42.0 Å². The lowest BCUT2D eigenvalue weighted by atomic mass is 10.1. The number of carboxylic acids is 1. The molecule has 2 aromatic rings. The molecule has 0 spiro atoms. The molecule has 0 unspecified atom stereocenters. The second-order valence-corrected chi connectivity index (χ2v) is 7.96. The molecule has 1 aliphatic rings. The number of aliphatic carboxylic acids is 1. The lowest BCUT2D eigenvalue weighted by Gasteiger charge is -2.23. The highest BCUT2D eigenvalue weighted by Gasteiger charge is 2.38. The maximum atomic E-state index is 13.0. The number of alkyl halides is 3. The Morgan fingerprint density at radius 1 is 1.27 bits per heavy atom. The molecule has 33 heavy (non-hydrogen) atoms. The number of halogens is 3. The smallest absolute Gasteiger partial charge is 0.490 e. The minimum atomic E-state index is -5.08. The van der Waals surface area contributed by atoms with E-state index in [-0.39, 0.29) is 5.91 Å². The number of methoxy groups -OCH3 is 1. The molecular formula is C22H29F3N4O4. The summed E-state index contributed by atoms with van der Waals surface area (Å²) >= 11 is 0. The van der Waals surface area contributed by atoms with Gasteiger partial charge in [0.1, 0.15) is 5.75 Å². The molecule has 0 atom stereocenters. The SMILES string of the molecule is COc1cccc(C(=O)N2CCCn3cnc(CN(C)C(C)C)c3C2)c1.O=C(O)C(F)(F)F. The zero-order valence-corrected chi connectivity index (χ0v) is 19.1. The van der Waals surface area contributed by atoms with Crippen molar-refractivity contribution in [2.75, 3.05) is 20.7 Å². The molecule has 0 saturated heterocycles. The van der Waals surface area contributed by atoms with Gasteiger partial charge in [-0.25, -0.2) is 9.78 Å². The van der Waals surface area contributed by atoms with Crippen LogP contribution in [0.4, 0.5) is 13.2 Å². The van der Waals surface area contributed by atoms with Gasteiger partial charge >= 0.3 is 12.1 Å². The molecule has 3 rings (SSSR count). The van der Waals surface area contributed by atoms with Gasteiger partial charge in [0.2, 0.25) is 0 Å². The fraction of sp³-hybridized carbons (Fsp3) is 0.500. The average Bonchev–Trinajstić information content (AvgIpc) is 3.00. The standard InChI is InChI=1S/C20H28N4O2.C2HF3O2/c1-15(2)22(3)12-18-19-13-23(9-6-10-24(19)14-21-18)20(25)16-7-5-8-17(11-16)26-4;3-2(4,5)1(6)7/h5,7-8,11,14-15H,6,9-10,12-13H2,1-4H3;(H,6,7). The van der Waals surface area contributed by atoms with Gasteiger partial charge in [0.15, 0.2) is 0 Å². The zero-order valence-electron chi connectivity index (χ0n) is 19.1. The Labute approximate surface area is 190 Å². The van der Waals surface area contributed by atoms with Crippen LogP contribution in [0.2, 0.25) is 0 Å². The first kappa shape index (κ1) is 26.2. The van der Waals surface area contributed by atoms with Crippen LogP contribution in [0.3, 0.4) is 0 Å². The summed E-state index contributed by atoms with van der Waals surface area (Å²) in [5, 5.41) is 7.12. The highest BCUT2D eigenvalue weighted by Crippen LogP contribution is 2.21. The van der Waals surface area contributed by atoms with Gasteiger partial charge in [0.25, 0.3) is 5.91 Å². The zero-order chi connectivity index (χ0) is 24.8. The Kier molecular flexibility index (Phi) is 8.86. The van der Waals surface area contributed by atoms with Crippen molar-refractivity contribution < 1.29 is 32.6 Å². The Bertz CT molecular complexity index is 959. The lowest BCUT2D eigenvalue weighted by Crippen LogP contribution is -2.32. The van der Waals surface area contributed by atoms with E-state index in [9.17, 15) is 18.0 Å². The number of aryl methyl sites for hydroxylation is 1. The number of aromatic nitrogens is 2. The predicted octanol–water partition coefficient (Wildman–Crippen LogP) is 3.41. The van der Waals surface area contributed by atoms with E-state index >= 15 is 0 Å². The molecule has 1 aromatic heterocycles. The van der Waals surface area contributed by atoms with Crippen molar-refractivity contribution in [3.8, 4) is 5.75 Å². The lowest BCUT2D eigenvalue weighted by molar-refractivity contribution is -0.192. The number of carboxylic acid groups (broad SMARTS) is 1. The third-order valence-electron chi connectivity index (χ3n) is 5.33. The summed E-state index contributed by atoms with van der Waals surface area (Å²) in [6.45, 7) is 7.38. The Morgan fingerprint density at radius 2 is 1.94 bits per heavy atom. The molecule has 0 bridgehead atoms. The molecule has 11 heteroatoms. The predicted molar refractivity (Wildman–Crippen MR) is 115 cm³/mol. The molecular weight excluding hydrogens is 441 g/mol. The molecule has 8 nitrogen and oxygen atoms in total. The van der Waals surface area contributed by atoms with E-state index in [4.69, 9.17) is 14.6 Å². The third kappa shape index (κ3) is 7.21. The number of rotatable bonds is 5. The van der Waals surface area contributed by atoms with Crippen molar-refractivity contribution in [2.45, 2.75) is 52.1 Å². The number of hydrogen-bond donors (Lipinski definition) is 1. The second kappa shape index (κ2) is 11.2. The number of fused-ring (bicyclic) bond motifs is 1. The maximum absolute atomic E-state index is 13.0. The van der Waals surface area contributed by atoms with Crippen LogP contribution in [0.5, 0.6) is 5.75 Å². The normalized spacial score (nSPS) is 13.8. The number of ether oxygens (including phenoxy) is 1. The summed E-state index contributed by atoms with van der Waals surface area (Å²) in [4.78, 5) is 30.7. The van der Waals surface area contributed by atoms with Gasteiger partial charge in [-0.1, -0.05) is 6.07 Å². The molecule has 182 valence electrons. The molecule has 0 aliphatic carbocycles. The van der Waals surface area contributed by atoms with E-state index in [0.717, 1.165) is 37.4 Å². The van der Waals surface area contributed by atoms with Crippen molar-refractivity contribution in [1.82, 2.24) is 19.4 Å². The Balaban J connectivity index is 0.000000479. The molecule has 0 saturated carbocycles. The van der Waals surface area contributed by atoms with Gasteiger partial charge in [-0.15, -0.1) is 0 Å². The van der Waals surface area contributed by atoms with Gasteiger partial charge in [0, 0.05) is 31.2 Å². The van der Waals surface area contributed by atoms with E-state index in [1.807, 2.05) is 29.4 Å². The average molecular weight is 470 g/mol. The molecule has 1 aromatic carbocycles. The van der Waals surface area contributed by atoms with Crippen LogP contribution in [0, 0.1) is 0 Å². The van der Waals surface area contributed by atoms with Crippen LogP contribution >= 0.6 is 0 Å². The van der Waals surface area contributed by atoms with E-state index in [2.05, 4.69) is 35.3 Å². The first-order chi connectivity index (χ1) is 15.4. The summed E-state index contributed by atoms with van der Waals surface area (Å²) in [6, 6.07) is 7.82. The highest BCUT2D eigenvalue weighted by molar-refractivity contribution is 5.94. The largest absolute Gasteiger partial charge is 0.497 e. The first-order valence-corrected chi connectivity index (χ1v) is 10.4. The minimum Gasteiger partial charge on any atom is -0.497 e. The van der Waals surface area contributed by atoms with Gasteiger partial charge in [-0.2, -0.15) is 13.2 Å². The summed E-state index contributed by atoms with van der Waals surface area (Å²) in [6.07, 6.45) is -2.24. The van der Waals surface area contributed by atoms with Crippen LogP contribution < -0.4 is 4.74 Å². The number of carbonyl (C=O) groups is 2. The van der Waals surface area contributed by atoms with Crippen LogP contribution in [-0.2, 0) is 24.4 Å². The minimum absolute atomic E-state index is 0.0433. The van der Waals surface area contributed by atoms with Crippen LogP contribution in [0.25, 0.3) is 0 Å². The van der Waals surface area contributed by atoms with Crippen molar-refractivity contribution >= 4 is 11.9 Å². The first-order valence-electron chi connectivity index (χ1n) is 10.4. The van der Waals surface area contributed by atoms with Crippen molar-refractivity contribution in [1.29, 1.82) is 0 Å². The monoisotopic (exact) mass is 470 g/mol. The van der Waals surface area contributed by atoms with Gasteiger partial charge < -0.3 is 19.3 Å². The van der Waals surface area contributed by atoms with E-state index in [1.54, 1.807) is 13.2 Å². The molecule has 1 aliphatic heterocycles. The fourth-order valence-corrected chi connectivity index (χ4v) is 3.18. The maximum Gasteiger partial charge on any atom is 0.490 e. The third-order valence-corrected chi connectivity index (χ3v) is 5.33. The molecule has 1 amide bonds. The van der Waals surface area contributed by atoms with Crippen molar-refractivity contribution in [2.24, 2.45) is 0 Å². The van der Waals surface area contributed by atoms with Gasteiger partial charge in [-0.3, -0.25) is 9.69 Å². The van der Waals surface area contributed by atoms with Crippen LogP contribution in [0.15, 0.2) is 30.6 Å². The topological polar surface area (TPSA) is 87.9 Å². The number of amides is 1. The summed E-state index contributed by atoms with van der Waals surface area (Å²) in [5.41, 5.74) is 2.87. The second-order valence-electron chi connectivity index (χ2n) is 7.96. The number of benzene rings is 1. The van der Waals surface area contributed by atoms with Crippen molar-refractivity contribution in [3.05, 3.63) is 47.5 Å². The number of hydrogen-bond acceptors (Lipinski definition) is 5. The highest BCUT2D eigenvalue weighted by atomic mass is 19.4. The fourth-order valence-electron chi connectivity index (χ4n) is 3.18. The molecule has 0 fully saturated rings. The van der Waals surface area contributed by atoms with E-state index in [0.29, 0.717) is 23.9 Å². The van der Waals surface area contributed by atoms with Crippen molar-refractivity contribution in [3.63, 3.8) is 0 Å². The summed E-state index contributed by atoms with van der Waals surface area (Å²) in [7, 11) is 3.72. The van der Waals surface area contributed by atoms with Gasteiger partial charge in [0.05, 0.1) is 31.4 Å². The Hall–Kier alpha value is -3.08. The number of carbonyl (C=O) groups excluding carboxylic acids is 1. The molecule has 1 N–H and O–H groups in total. The quantitative estimate of drug-likeness (QED) is 0.721. The summed E-state index contributed by atoms with van der Waals surface area (Å²) < 4.78 is 39.2. The number of imidazole rings is 1. The van der Waals surface area contributed by atoms with Crippen LogP contribution in [-0.4, -0.2) is 69.3 Å². The van der Waals surface area contributed by atoms with Gasteiger partial charge in [-0.05, 0) is 45.5 Å². The van der Waals surface area contributed by atoms with E-state index in [1.165, 1.54) is 0 Å². The molecule has 0 radical (unpaired) electrons. The summed E-state index contributed by atoms with van der Waals surface area (Å²) in [5.74, 6) is -2.01. The molecule has 2 heterocycles. The number of nitrogens with zero attached hydrogens (tertiary/aromatic N) is 4. The van der Waals surface area contributed by atoms with E-state index < -0.39 is 12.1 Å². The Morgan fingerprint density at radius 3 is 2.52 bits per heavy atom.